The molecule has 0 aliphatic carbocycles. The van der Waals surface area contributed by atoms with Crippen molar-refractivity contribution < 1.29 is 35.0 Å². The monoisotopic (exact) mass is 854 g/mol. The van der Waals surface area contributed by atoms with Gasteiger partial charge in [-0.3, -0.25) is 9.97 Å². The zero-order valence-electron chi connectivity index (χ0n) is 28.6. The second-order valence-corrected chi connectivity index (χ2v) is 14.3. The van der Waals surface area contributed by atoms with E-state index in [9.17, 15) is 5.11 Å². The second kappa shape index (κ2) is 11.9. The predicted octanol–water partition coefficient (Wildman–Crippen LogP) is 12.4. The molecule has 0 aliphatic heterocycles. The van der Waals surface area contributed by atoms with Crippen molar-refractivity contribution in [3.63, 3.8) is 0 Å². The maximum atomic E-state index is 12.1. The van der Waals surface area contributed by atoms with Crippen molar-refractivity contribution in [3.8, 4) is 39.4 Å². The van der Waals surface area contributed by atoms with Gasteiger partial charge in [0.1, 0.15) is 16.7 Å². The van der Waals surface area contributed by atoms with Gasteiger partial charge in [-0.2, -0.15) is 0 Å². The first-order valence-corrected chi connectivity index (χ1v) is 17.1. The van der Waals surface area contributed by atoms with Crippen LogP contribution in [-0.4, -0.2) is 15.1 Å². The molecule has 1 N–H and O–H groups in total. The number of pyridine rings is 2. The number of phenolic OH excluding ortho intramolecular Hbond substituents is 1. The molecule has 254 valence electrons. The third-order valence-corrected chi connectivity index (χ3v) is 10.0. The predicted molar refractivity (Wildman–Crippen MR) is 207 cm³/mol. The van der Waals surface area contributed by atoms with Crippen LogP contribution in [-0.2, 0) is 26.5 Å². The van der Waals surface area contributed by atoms with Crippen LogP contribution in [0.2, 0.25) is 0 Å². The number of fused-ring (bicyclic) bond motifs is 11. The molecule has 6 heteroatoms. The van der Waals surface area contributed by atoms with Crippen LogP contribution in [0.3, 0.4) is 0 Å². The fraction of sp³-hybridized carbons (Fsp3) is 0.0870. The molecule has 6 aromatic carbocycles. The van der Waals surface area contributed by atoms with Crippen LogP contribution in [0.5, 0.6) is 5.75 Å². The molecule has 5 nitrogen and oxygen atoms in total. The van der Waals surface area contributed by atoms with E-state index in [1.807, 2.05) is 79.0 Å². The van der Waals surface area contributed by atoms with Crippen LogP contribution in [0, 0.1) is 6.07 Å². The van der Waals surface area contributed by atoms with Crippen LogP contribution in [0.15, 0.2) is 136 Å². The molecule has 0 aliphatic rings. The minimum absolute atomic E-state index is 0. The van der Waals surface area contributed by atoms with E-state index in [0.717, 1.165) is 77.1 Å². The first-order valence-electron chi connectivity index (χ1n) is 17.1. The summed E-state index contributed by atoms with van der Waals surface area (Å²) < 4.78 is 12.8. The Morgan fingerprint density at radius 1 is 0.577 bits per heavy atom. The average Bonchev–Trinajstić information content (AvgIpc) is 3.74. The number of benzene rings is 6. The van der Waals surface area contributed by atoms with Crippen LogP contribution in [0.25, 0.3) is 99.2 Å². The van der Waals surface area contributed by atoms with Gasteiger partial charge in [0.05, 0.1) is 10.9 Å². The summed E-state index contributed by atoms with van der Waals surface area (Å²) in [5, 5.41) is 18.1. The maximum Gasteiger partial charge on any atom is 0.177 e. The molecule has 0 amide bonds. The van der Waals surface area contributed by atoms with Crippen LogP contribution >= 0.6 is 0 Å². The van der Waals surface area contributed by atoms with E-state index in [-0.39, 0.29) is 32.2 Å². The summed E-state index contributed by atoms with van der Waals surface area (Å²) in [5.74, 6) is 0.0470. The second-order valence-electron chi connectivity index (χ2n) is 14.3. The number of phenols is 1. The third-order valence-electron chi connectivity index (χ3n) is 10.0. The number of aromatic nitrogens is 2. The van der Waals surface area contributed by atoms with Gasteiger partial charge in [-0.15, -0.1) is 23.8 Å². The number of rotatable bonds is 3. The Kier molecular flexibility index (Phi) is 7.36. The molecule has 0 fully saturated rings. The number of para-hydroxylation sites is 2. The molecule has 4 heterocycles. The van der Waals surface area contributed by atoms with Crippen molar-refractivity contribution in [2.45, 2.75) is 26.2 Å². The molecule has 4 aromatic heterocycles. The smallest absolute Gasteiger partial charge is 0.177 e. The quantitative estimate of drug-likeness (QED) is 0.142. The molecule has 0 spiro atoms. The third kappa shape index (κ3) is 4.95. The van der Waals surface area contributed by atoms with Crippen molar-refractivity contribution in [2.24, 2.45) is 0 Å². The van der Waals surface area contributed by atoms with Crippen molar-refractivity contribution >= 4 is 65.6 Å². The molecule has 0 radical (unpaired) electrons. The zero-order valence-corrected chi connectivity index (χ0v) is 30.9. The Balaban J connectivity index is 0.00000360. The van der Waals surface area contributed by atoms with Gasteiger partial charge in [0.25, 0.3) is 0 Å². The molecule has 0 atom stereocenters. The Labute approximate surface area is 313 Å². The molecule has 10 rings (SSSR count). The molecular weight excluding hydrogens is 824 g/mol. The molecule has 10 aromatic rings. The SMILES string of the molecule is CC(C)(C)c1cc(-c2cc(-c3ccccc3)ccn2)[c-]c(-c2ccc3c(n2)c2c(O)c4oc5ccccc5c4cc2c2oc4ccccc4c32)c1.[Pt]. The van der Waals surface area contributed by atoms with E-state index in [2.05, 4.69) is 75.4 Å². The number of furan rings is 2. The van der Waals surface area contributed by atoms with Gasteiger partial charge in [0, 0.05) is 71.0 Å². The van der Waals surface area contributed by atoms with E-state index in [1.165, 1.54) is 0 Å². The summed E-state index contributed by atoms with van der Waals surface area (Å²) in [7, 11) is 0. The summed E-state index contributed by atoms with van der Waals surface area (Å²) in [6.45, 7) is 6.63. The summed E-state index contributed by atoms with van der Waals surface area (Å²) in [4.78, 5) is 10.2. The molecule has 0 saturated carbocycles. The average molecular weight is 855 g/mol. The number of aromatic hydroxyl groups is 1. The van der Waals surface area contributed by atoms with Crippen LogP contribution < -0.4 is 0 Å². The maximum absolute atomic E-state index is 12.1. The molecule has 0 unspecified atom stereocenters. The summed E-state index contributed by atoms with van der Waals surface area (Å²) in [6, 6.07) is 44.7. The summed E-state index contributed by atoms with van der Waals surface area (Å²) >= 11 is 0. The van der Waals surface area contributed by atoms with Crippen molar-refractivity contribution in [2.75, 3.05) is 0 Å². The van der Waals surface area contributed by atoms with Gasteiger partial charge in [0.2, 0.25) is 0 Å². The minimum atomic E-state index is -0.147. The molecule has 0 saturated heterocycles. The topological polar surface area (TPSA) is 72.3 Å². The standard InChI is InChI=1S/C46H31N2O3.Pt/c1-46(2,3)30-22-28(21-29(23-30)37-24-27(19-20-47-37)26-11-5-4-6-12-26)36-18-17-33-40-32-14-8-10-16-39(32)50-44(40)35-25-34-31-13-7-9-15-38(31)51-45(34)43(49)41(35)42(33)48-36;/h4-20,22-25,49H,1-3H3;/q-1;. The van der Waals surface area contributed by atoms with Crippen LogP contribution in [0.1, 0.15) is 26.3 Å². The van der Waals surface area contributed by atoms with E-state index in [0.29, 0.717) is 27.7 Å². The van der Waals surface area contributed by atoms with Crippen molar-refractivity contribution in [3.05, 3.63) is 139 Å². The molecular formula is C46H31N2O3Pt-. The summed E-state index contributed by atoms with van der Waals surface area (Å²) in [5.41, 5.74) is 9.85. The molecule has 52 heavy (non-hydrogen) atoms. The summed E-state index contributed by atoms with van der Waals surface area (Å²) in [6.07, 6.45) is 1.86. The van der Waals surface area contributed by atoms with E-state index < -0.39 is 0 Å². The van der Waals surface area contributed by atoms with Gasteiger partial charge >= 0.3 is 0 Å². The van der Waals surface area contributed by atoms with Gasteiger partial charge in [-0.1, -0.05) is 117 Å². The number of hydrogen-bond acceptors (Lipinski definition) is 5. The normalized spacial score (nSPS) is 12.1. The Morgan fingerprint density at radius 2 is 1.25 bits per heavy atom. The largest absolute Gasteiger partial charge is 0.504 e. The van der Waals surface area contributed by atoms with Gasteiger partial charge < -0.3 is 13.9 Å². The Hall–Kier alpha value is -5.77. The van der Waals surface area contributed by atoms with Crippen LogP contribution in [0.4, 0.5) is 0 Å². The number of hydrogen-bond donors (Lipinski definition) is 1. The van der Waals surface area contributed by atoms with E-state index >= 15 is 0 Å². The van der Waals surface area contributed by atoms with Gasteiger partial charge in [-0.25, -0.2) is 0 Å². The van der Waals surface area contributed by atoms with Gasteiger partial charge in [0.15, 0.2) is 11.3 Å². The zero-order chi connectivity index (χ0) is 34.4. The van der Waals surface area contributed by atoms with Crippen molar-refractivity contribution in [1.29, 1.82) is 0 Å². The molecule has 0 bridgehead atoms. The fourth-order valence-corrected chi connectivity index (χ4v) is 7.43. The van der Waals surface area contributed by atoms with E-state index in [1.54, 1.807) is 0 Å². The number of nitrogens with zero attached hydrogens (tertiary/aromatic N) is 2. The Morgan fingerprint density at radius 3 is 2.02 bits per heavy atom. The first-order chi connectivity index (χ1) is 24.8. The fourth-order valence-electron chi connectivity index (χ4n) is 7.43. The first kappa shape index (κ1) is 32.2. The van der Waals surface area contributed by atoms with Crippen molar-refractivity contribution in [1.82, 2.24) is 9.97 Å². The minimum Gasteiger partial charge on any atom is -0.504 e. The Bertz CT molecular complexity index is 3030. The van der Waals surface area contributed by atoms with Gasteiger partial charge in [-0.05, 0) is 40.8 Å². The van der Waals surface area contributed by atoms with E-state index in [4.69, 9.17) is 18.8 Å².